The largest absolute Gasteiger partial charge is 0.398 e. The fourth-order valence-electron chi connectivity index (χ4n) is 1.29. The second-order valence-corrected chi connectivity index (χ2v) is 6.42. The summed E-state index contributed by atoms with van der Waals surface area (Å²) in [5.74, 6) is 0. The van der Waals surface area contributed by atoms with Crippen molar-refractivity contribution in [1.82, 2.24) is 4.31 Å². The normalized spacial score (nSPS) is 13.0. The van der Waals surface area contributed by atoms with Crippen LogP contribution in [-0.2, 0) is 10.0 Å². The van der Waals surface area contributed by atoms with Gasteiger partial charge in [-0.1, -0.05) is 12.1 Å². The molecule has 0 fully saturated rings. The second kappa shape index (κ2) is 4.64. The van der Waals surface area contributed by atoms with Crippen molar-refractivity contribution in [2.75, 3.05) is 19.4 Å². The van der Waals surface area contributed by atoms with Crippen LogP contribution in [0.15, 0.2) is 29.2 Å². The molecule has 1 rings (SSSR count). The molecule has 0 saturated carbocycles. The fraction of sp³-hybridized carbons (Fsp3) is 0.455. The van der Waals surface area contributed by atoms with E-state index >= 15 is 0 Å². The Kier molecular flexibility index (Phi) is 3.81. The Hall–Kier alpha value is -1.11. The first-order valence-electron chi connectivity index (χ1n) is 5.18. The first kappa shape index (κ1) is 14.0. The number of hydrogen-bond donors (Lipinski definition) is 2. The van der Waals surface area contributed by atoms with Crippen LogP contribution in [0.4, 0.5) is 5.69 Å². The van der Waals surface area contributed by atoms with Crippen LogP contribution >= 0.6 is 0 Å². The Balaban J connectivity index is 3.26. The minimum absolute atomic E-state index is 0.0593. The summed E-state index contributed by atoms with van der Waals surface area (Å²) in [6.45, 7) is 3.02. The van der Waals surface area contributed by atoms with E-state index in [1.54, 1.807) is 26.0 Å². The van der Waals surface area contributed by atoms with Gasteiger partial charge in [-0.15, -0.1) is 0 Å². The predicted molar refractivity (Wildman–Crippen MR) is 67.0 cm³/mol. The number of hydrogen-bond acceptors (Lipinski definition) is 4. The van der Waals surface area contributed by atoms with Crippen LogP contribution in [0.25, 0.3) is 0 Å². The monoisotopic (exact) mass is 258 g/mol. The Morgan fingerprint density at radius 2 is 1.88 bits per heavy atom. The lowest BCUT2D eigenvalue weighted by molar-refractivity contribution is 0.138. The molecule has 0 radical (unpaired) electrons. The predicted octanol–water partition coefficient (Wildman–Crippen LogP) is 0.660. The van der Waals surface area contributed by atoms with Crippen LogP contribution in [-0.4, -0.2) is 37.0 Å². The number of rotatable bonds is 4. The Morgan fingerprint density at radius 1 is 1.35 bits per heavy atom. The summed E-state index contributed by atoms with van der Waals surface area (Å²) in [4.78, 5) is 0.0593. The van der Waals surface area contributed by atoms with Crippen LogP contribution in [0.1, 0.15) is 13.8 Å². The van der Waals surface area contributed by atoms with Gasteiger partial charge in [-0.3, -0.25) is 0 Å². The standard InChI is InChI=1S/C11H18N2O3S/c1-11(2,8-14)13(3)17(15,16)10-7-5-4-6-9(10)12/h4-7,14H,8,12H2,1-3H3. The third-order valence-electron chi connectivity index (χ3n) is 2.80. The highest BCUT2D eigenvalue weighted by atomic mass is 32.2. The lowest BCUT2D eigenvalue weighted by Gasteiger charge is -2.33. The number of likely N-dealkylation sites (N-methyl/N-ethyl adjacent to an activating group) is 1. The zero-order valence-corrected chi connectivity index (χ0v) is 11.0. The van der Waals surface area contributed by atoms with E-state index in [-0.39, 0.29) is 17.2 Å². The summed E-state index contributed by atoms with van der Waals surface area (Å²) in [5, 5.41) is 9.21. The van der Waals surface area contributed by atoms with Crippen molar-refractivity contribution in [2.45, 2.75) is 24.3 Å². The number of aliphatic hydroxyl groups excluding tert-OH is 1. The van der Waals surface area contributed by atoms with E-state index in [2.05, 4.69) is 0 Å². The Morgan fingerprint density at radius 3 is 2.35 bits per heavy atom. The van der Waals surface area contributed by atoms with E-state index < -0.39 is 15.6 Å². The molecule has 0 bridgehead atoms. The number of nitrogens with zero attached hydrogens (tertiary/aromatic N) is 1. The van der Waals surface area contributed by atoms with Gasteiger partial charge in [0.25, 0.3) is 0 Å². The van der Waals surface area contributed by atoms with Crippen molar-refractivity contribution in [3.8, 4) is 0 Å². The minimum Gasteiger partial charge on any atom is -0.398 e. The SMILES string of the molecule is CN(C(C)(C)CO)S(=O)(=O)c1ccccc1N. The second-order valence-electron chi connectivity index (χ2n) is 4.48. The van der Waals surface area contributed by atoms with Gasteiger partial charge in [-0.05, 0) is 26.0 Å². The van der Waals surface area contributed by atoms with Gasteiger partial charge in [0.05, 0.1) is 17.8 Å². The van der Waals surface area contributed by atoms with Crippen molar-refractivity contribution < 1.29 is 13.5 Å². The number of aliphatic hydroxyl groups is 1. The molecule has 0 aliphatic carbocycles. The summed E-state index contributed by atoms with van der Waals surface area (Å²) in [6, 6.07) is 6.27. The molecule has 0 saturated heterocycles. The number of para-hydroxylation sites is 1. The summed E-state index contributed by atoms with van der Waals surface area (Å²) in [7, 11) is -2.26. The summed E-state index contributed by atoms with van der Waals surface area (Å²) in [6.07, 6.45) is 0. The lowest BCUT2D eigenvalue weighted by atomic mass is 10.1. The van der Waals surface area contributed by atoms with Crippen molar-refractivity contribution in [2.24, 2.45) is 0 Å². The number of sulfonamides is 1. The molecule has 0 heterocycles. The topological polar surface area (TPSA) is 83.6 Å². The van der Waals surface area contributed by atoms with E-state index in [1.165, 1.54) is 19.2 Å². The summed E-state index contributed by atoms with van der Waals surface area (Å²) < 4.78 is 25.7. The molecular weight excluding hydrogens is 240 g/mol. The van der Waals surface area contributed by atoms with Crippen molar-refractivity contribution in [3.05, 3.63) is 24.3 Å². The van der Waals surface area contributed by atoms with E-state index in [9.17, 15) is 13.5 Å². The summed E-state index contributed by atoms with van der Waals surface area (Å²) >= 11 is 0. The van der Waals surface area contributed by atoms with Crippen LogP contribution in [0.5, 0.6) is 0 Å². The van der Waals surface area contributed by atoms with E-state index in [1.807, 2.05) is 0 Å². The van der Waals surface area contributed by atoms with Gasteiger partial charge in [0.2, 0.25) is 10.0 Å². The molecule has 0 aliphatic rings. The number of benzene rings is 1. The highest BCUT2D eigenvalue weighted by Crippen LogP contribution is 2.26. The molecule has 3 N–H and O–H groups in total. The maximum absolute atomic E-state index is 12.3. The highest BCUT2D eigenvalue weighted by molar-refractivity contribution is 7.89. The van der Waals surface area contributed by atoms with Crippen LogP contribution in [0, 0.1) is 0 Å². The molecular formula is C11H18N2O3S. The molecule has 96 valence electrons. The first-order valence-corrected chi connectivity index (χ1v) is 6.62. The third-order valence-corrected chi connectivity index (χ3v) is 4.94. The zero-order valence-electron chi connectivity index (χ0n) is 10.2. The molecule has 0 unspecified atom stereocenters. The quantitative estimate of drug-likeness (QED) is 0.777. The molecule has 1 aromatic carbocycles. The first-order chi connectivity index (χ1) is 7.73. The molecule has 0 atom stereocenters. The van der Waals surface area contributed by atoms with E-state index in [0.29, 0.717) is 0 Å². The average molecular weight is 258 g/mol. The molecule has 6 heteroatoms. The average Bonchev–Trinajstić information content (AvgIpc) is 2.28. The molecule has 5 nitrogen and oxygen atoms in total. The number of anilines is 1. The minimum atomic E-state index is -3.69. The molecule has 0 aromatic heterocycles. The van der Waals surface area contributed by atoms with Crippen molar-refractivity contribution in [3.63, 3.8) is 0 Å². The lowest BCUT2D eigenvalue weighted by Crippen LogP contribution is -2.47. The van der Waals surface area contributed by atoms with E-state index in [0.717, 1.165) is 4.31 Å². The van der Waals surface area contributed by atoms with Gasteiger partial charge in [0.15, 0.2) is 0 Å². The Labute approximate surface area is 102 Å². The van der Waals surface area contributed by atoms with Crippen LogP contribution in [0.3, 0.4) is 0 Å². The molecule has 0 spiro atoms. The smallest absolute Gasteiger partial charge is 0.245 e. The zero-order chi connectivity index (χ0) is 13.3. The fourth-order valence-corrected chi connectivity index (χ4v) is 2.91. The number of nitrogen functional groups attached to an aromatic ring is 1. The van der Waals surface area contributed by atoms with Gasteiger partial charge in [-0.2, -0.15) is 4.31 Å². The van der Waals surface area contributed by atoms with E-state index in [4.69, 9.17) is 5.73 Å². The molecule has 17 heavy (non-hydrogen) atoms. The number of nitrogens with two attached hydrogens (primary N) is 1. The molecule has 0 aliphatic heterocycles. The van der Waals surface area contributed by atoms with Gasteiger partial charge in [-0.25, -0.2) is 8.42 Å². The van der Waals surface area contributed by atoms with Gasteiger partial charge in [0.1, 0.15) is 4.90 Å². The maximum atomic E-state index is 12.3. The Bertz CT molecular complexity index is 497. The van der Waals surface area contributed by atoms with Crippen molar-refractivity contribution >= 4 is 15.7 Å². The van der Waals surface area contributed by atoms with Crippen molar-refractivity contribution in [1.29, 1.82) is 0 Å². The summed E-state index contributed by atoms with van der Waals surface area (Å²) in [5.41, 5.74) is 4.99. The third kappa shape index (κ3) is 2.59. The van der Waals surface area contributed by atoms with Gasteiger partial charge in [0, 0.05) is 7.05 Å². The molecule has 1 aromatic rings. The maximum Gasteiger partial charge on any atom is 0.245 e. The van der Waals surface area contributed by atoms with Crippen LogP contribution in [0.2, 0.25) is 0 Å². The highest BCUT2D eigenvalue weighted by Gasteiger charge is 2.34. The van der Waals surface area contributed by atoms with Gasteiger partial charge >= 0.3 is 0 Å². The van der Waals surface area contributed by atoms with Gasteiger partial charge < -0.3 is 10.8 Å². The van der Waals surface area contributed by atoms with Crippen LogP contribution < -0.4 is 5.73 Å². The molecule has 0 amide bonds.